The van der Waals surface area contributed by atoms with Crippen molar-refractivity contribution in [1.29, 1.82) is 0 Å². The van der Waals surface area contributed by atoms with Crippen LogP contribution in [0.25, 0.3) is 0 Å². The Morgan fingerprint density at radius 2 is 1.91 bits per heavy atom. The Hall–Kier alpha value is -2.21. The first-order valence-electron chi connectivity index (χ1n) is 7.16. The molecule has 3 heterocycles. The summed E-state index contributed by atoms with van der Waals surface area (Å²) in [5.41, 5.74) is 0.683. The number of halogens is 1. The largest absolute Gasteiger partial charge is 0.366 e. The lowest BCUT2D eigenvalue weighted by molar-refractivity contribution is 0.0718. The molecule has 6 nitrogen and oxygen atoms in total. The highest BCUT2D eigenvalue weighted by atomic mass is 35.5. The number of anilines is 1. The van der Waals surface area contributed by atoms with E-state index >= 15 is 0 Å². The zero-order valence-electron chi connectivity index (χ0n) is 11.9. The minimum Gasteiger partial charge on any atom is -0.366 e. The number of nitrogens with one attached hydrogen (secondary N) is 1. The number of carbonyl (C=O) groups is 1. The number of likely N-dealkylation sites (tertiary alicyclic amines) is 1. The van der Waals surface area contributed by atoms with Gasteiger partial charge >= 0.3 is 0 Å². The number of aromatic nitrogens is 3. The molecule has 1 fully saturated rings. The van der Waals surface area contributed by atoms with Crippen LogP contribution in [0.15, 0.2) is 36.9 Å². The van der Waals surface area contributed by atoms with Crippen LogP contribution in [0.1, 0.15) is 23.2 Å². The maximum atomic E-state index is 12.3. The molecule has 0 saturated carbocycles. The van der Waals surface area contributed by atoms with E-state index < -0.39 is 0 Å². The van der Waals surface area contributed by atoms with Crippen LogP contribution in [0.4, 0.5) is 5.82 Å². The summed E-state index contributed by atoms with van der Waals surface area (Å²) < 4.78 is 0. The van der Waals surface area contributed by atoms with Gasteiger partial charge in [0.2, 0.25) is 0 Å². The predicted octanol–water partition coefficient (Wildman–Crippen LogP) is 2.24. The summed E-state index contributed by atoms with van der Waals surface area (Å²) in [4.78, 5) is 26.3. The number of nitrogens with zero attached hydrogens (tertiary/aromatic N) is 4. The molecule has 0 atom stereocenters. The normalized spacial score (nSPS) is 15.6. The molecule has 1 aliphatic rings. The maximum Gasteiger partial charge on any atom is 0.253 e. The van der Waals surface area contributed by atoms with Crippen molar-refractivity contribution in [2.24, 2.45) is 0 Å². The van der Waals surface area contributed by atoms with Crippen molar-refractivity contribution in [2.75, 3.05) is 18.4 Å². The first-order valence-corrected chi connectivity index (χ1v) is 7.53. The van der Waals surface area contributed by atoms with E-state index in [-0.39, 0.29) is 11.9 Å². The molecule has 0 radical (unpaired) electrons. The fraction of sp³-hybridized carbons (Fsp3) is 0.333. The van der Waals surface area contributed by atoms with Gasteiger partial charge in [0, 0.05) is 37.1 Å². The number of pyridine rings is 1. The smallest absolute Gasteiger partial charge is 0.253 e. The van der Waals surface area contributed by atoms with Crippen LogP contribution in [-0.4, -0.2) is 44.9 Å². The SMILES string of the molecule is O=C(c1ccncc1)N1CCC(Nc2cncc(Cl)n2)CC1. The molecule has 0 bridgehead atoms. The van der Waals surface area contributed by atoms with Crippen molar-refractivity contribution in [1.82, 2.24) is 19.9 Å². The summed E-state index contributed by atoms with van der Waals surface area (Å²) >= 11 is 5.82. The van der Waals surface area contributed by atoms with Gasteiger partial charge in [-0.25, -0.2) is 4.98 Å². The fourth-order valence-electron chi connectivity index (χ4n) is 2.52. The molecule has 7 heteroatoms. The van der Waals surface area contributed by atoms with Crippen LogP contribution in [0.5, 0.6) is 0 Å². The molecule has 2 aromatic rings. The van der Waals surface area contributed by atoms with Gasteiger partial charge in [-0.05, 0) is 25.0 Å². The molecule has 1 saturated heterocycles. The topological polar surface area (TPSA) is 71.0 Å². The molecule has 2 aromatic heterocycles. The molecule has 1 N–H and O–H groups in total. The van der Waals surface area contributed by atoms with Crippen LogP contribution in [0.2, 0.25) is 5.15 Å². The Bertz CT molecular complexity index is 643. The Kier molecular flexibility index (Phi) is 4.48. The van der Waals surface area contributed by atoms with E-state index in [9.17, 15) is 4.79 Å². The Balaban J connectivity index is 1.55. The molecule has 114 valence electrons. The first kappa shape index (κ1) is 14.7. The number of hydrogen-bond acceptors (Lipinski definition) is 5. The standard InChI is InChI=1S/C15H16ClN5O/c16-13-9-18-10-14(20-13)19-12-3-7-21(8-4-12)15(22)11-1-5-17-6-2-11/h1-2,5-6,9-10,12H,3-4,7-8H2,(H,19,20). The number of hydrogen-bond donors (Lipinski definition) is 1. The van der Waals surface area contributed by atoms with E-state index in [0.29, 0.717) is 29.6 Å². The molecule has 0 unspecified atom stereocenters. The highest BCUT2D eigenvalue weighted by Gasteiger charge is 2.23. The highest BCUT2D eigenvalue weighted by Crippen LogP contribution is 2.17. The second kappa shape index (κ2) is 6.70. The molecule has 0 spiro atoms. The number of rotatable bonds is 3. The van der Waals surface area contributed by atoms with Gasteiger partial charge in [0.1, 0.15) is 11.0 Å². The third-order valence-corrected chi connectivity index (χ3v) is 3.85. The summed E-state index contributed by atoms with van der Waals surface area (Å²) in [7, 11) is 0. The molecule has 0 aromatic carbocycles. The minimum absolute atomic E-state index is 0.0587. The molecule has 0 aliphatic carbocycles. The molecule has 3 rings (SSSR count). The van der Waals surface area contributed by atoms with Crippen molar-refractivity contribution in [3.63, 3.8) is 0 Å². The number of piperidine rings is 1. The van der Waals surface area contributed by atoms with Crippen molar-refractivity contribution in [3.05, 3.63) is 47.6 Å². The van der Waals surface area contributed by atoms with Crippen molar-refractivity contribution in [3.8, 4) is 0 Å². The van der Waals surface area contributed by atoms with Gasteiger partial charge in [0.05, 0.1) is 12.4 Å². The quantitative estimate of drug-likeness (QED) is 0.940. The van der Waals surface area contributed by atoms with Crippen molar-refractivity contribution in [2.45, 2.75) is 18.9 Å². The zero-order chi connectivity index (χ0) is 15.4. The van der Waals surface area contributed by atoms with Crippen LogP contribution in [0.3, 0.4) is 0 Å². The van der Waals surface area contributed by atoms with Crippen LogP contribution < -0.4 is 5.32 Å². The van der Waals surface area contributed by atoms with Gasteiger partial charge < -0.3 is 10.2 Å². The van der Waals surface area contributed by atoms with Gasteiger partial charge in [-0.1, -0.05) is 11.6 Å². The van der Waals surface area contributed by atoms with E-state index in [1.54, 1.807) is 30.7 Å². The zero-order valence-corrected chi connectivity index (χ0v) is 12.7. The first-order chi connectivity index (χ1) is 10.7. The van der Waals surface area contributed by atoms with Crippen LogP contribution in [-0.2, 0) is 0 Å². The van der Waals surface area contributed by atoms with Crippen molar-refractivity contribution < 1.29 is 4.79 Å². The average Bonchev–Trinajstić information content (AvgIpc) is 2.56. The highest BCUT2D eigenvalue weighted by molar-refractivity contribution is 6.29. The van der Waals surface area contributed by atoms with E-state index in [0.717, 1.165) is 12.8 Å². The van der Waals surface area contributed by atoms with E-state index in [4.69, 9.17) is 11.6 Å². The average molecular weight is 318 g/mol. The molecule has 1 amide bonds. The fourth-order valence-corrected chi connectivity index (χ4v) is 2.67. The Morgan fingerprint density at radius 3 is 2.59 bits per heavy atom. The van der Waals surface area contributed by atoms with Gasteiger partial charge in [0.15, 0.2) is 0 Å². The maximum absolute atomic E-state index is 12.3. The van der Waals surface area contributed by atoms with Gasteiger partial charge in [-0.2, -0.15) is 0 Å². The van der Waals surface area contributed by atoms with Crippen LogP contribution >= 0.6 is 11.6 Å². The van der Waals surface area contributed by atoms with Gasteiger partial charge in [0.25, 0.3) is 5.91 Å². The van der Waals surface area contributed by atoms with Crippen molar-refractivity contribution >= 4 is 23.3 Å². The van der Waals surface area contributed by atoms with E-state index in [1.165, 1.54) is 6.20 Å². The monoisotopic (exact) mass is 317 g/mol. The summed E-state index contributed by atoms with van der Waals surface area (Å²) in [6.45, 7) is 1.43. The lowest BCUT2D eigenvalue weighted by atomic mass is 10.0. The van der Waals surface area contributed by atoms with Crippen LogP contribution in [0, 0.1) is 0 Å². The predicted molar refractivity (Wildman–Crippen MR) is 83.8 cm³/mol. The second-order valence-electron chi connectivity index (χ2n) is 5.17. The minimum atomic E-state index is 0.0587. The lowest BCUT2D eigenvalue weighted by Gasteiger charge is -2.32. The second-order valence-corrected chi connectivity index (χ2v) is 5.56. The Labute approximate surface area is 133 Å². The lowest BCUT2D eigenvalue weighted by Crippen LogP contribution is -2.42. The molecular formula is C15H16ClN5O. The number of carbonyl (C=O) groups excluding carboxylic acids is 1. The summed E-state index contributed by atoms with van der Waals surface area (Å²) in [6.07, 6.45) is 8.16. The van der Waals surface area contributed by atoms with Gasteiger partial charge in [-0.15, -0.1) is 0 Å². The van der Waals surface area contributed by atoms with Gasteiger partial charge in [-0.3, -0.25) is 14.8 Å². The Morgan fingerprint density at radius 1 is 1.18 bits per heavy atom. The van der Waals surface area contributed by atoms with E-state index in [1.807, 2.05) is 4.90 Å². The van der Waals surface area contributed by atoms with E-state index in [2.05, 4.69) is 20.3 Å². The summed E-state index contributed by atoms with van der Waals surface area (Å²) in [5, 5.41) is 3.69. The number of amides is 1. The summed E-state index contributed by atoms with van der Waals surface area (Å²) in [5.74, 6) is 0.731. The third-order valence-electron chi connectivity index (χ3n) is 3.67. The molecular weight excluding hydrogens is 302 g/mol. The molecule has 1 aliphatic heterocycles. The summed E-state index contributed by atoms with van der Waals surface area (Å²) in [6, 6.07) is 3.76. The molecule has 22 heavy (non-hydrogen) atoms. The third kappa shape index (κ3) is 3.51.